The first-order valence-electron chi connectivity index (χ1n) is 7.44. The molecule has 1 N–H and O–H groups in total. The van der Waals surface area contributed by atoms with Crippen LogP contribution in [-0.2, 0) is 4.74 Å². The summed E-state index contributed by atoms with van der Waals surface area (Å²) in [6.07, 6.45) is 7.31. The van der Waals surface area contributed by atoms with Gasteiger partial charge in [0.25, 0.3) is 0 Å². The van der Waals surface area contributed by atoms with Crippen molar-refractivity contribution < 1.29 is 4.74 Å². The van der Waals surface area contributed by atoms with Gasteiger partial charge in [-0.2, -0.15) is 0 Å². The van der Waals surface area contributed by atoms with E-state index >= 15 is 0 Å². The molecule has 2 rings (SSSR count). The van der Waals surface area contributed by atoms with Gasteiger partial charge in [-0.05, 0) is 38.6 Å². The molecule has 1 aliphatic heterocycles. The predicted molar refractivity (Wildman–Crippen MR) is 71.3 cm³/mol. The third-order valence-corrected chi connectivity index (χ3v) is 4.33. The second-order valence-corrected chi connectivity index (χ2v) is 5.38. The van der Waals surface area contributed by atoms with Crippen LogP contribution in [0.4, 0.5) is 0 Å². The van der Waals surface area contributed by atoms with Gasteiger partial charge in [0, 0.05) is 32.3 Å². The van der Waals surface area contributed by atoms with Gasteiger partial charge < -0.3 is 10.1 Å². The zero-order valence-electron chi connectivity index (χ0n) is 11.3. The predicted octanol–water partition coefficient (Wildman–Crippen LogP) is 1.88. The lowest BCUT2D eigenvalue weighted by molar-refractivity contribution is 0.146. The Morgan fingerprint density at radius 2 is 2.06 bits per heavy atom. The van der Waals surface area contributed by atoms with Crippen LogP contribution in [0.1, 0.15) is 39.0 Å². The van der Waals surface area contributed by atoms with Gasteiger partial charge in [0.2, 0.25) is 0 Å². The summed E-state index contributed by atoms with van der Waals surface area (Å²) < 4.78 is 5.32. The normalized spacial score (nSPS) is 29.5. The number of nitrogens with zero attached hydrogens (tertiary/aromatic N) is 1. The molecule has 1 aliphatic carbocycles. The van der Waals surface area contributed by atoms with Crippen LogP contribution in [0.15, 0.2) is 0 Å². The van der Waals surface area contributed by atoms with Crippen LogP contribution in [0.2, 0.25) is 0 Å². The second-order valence-electron chi connectivity index (χ2n) is 5.38. The summed E-state index contributed by atoms with van der Waals surface area (Å²) in [6.45, 7) is 8.41. The largest absolute Gasteiger partial charge is 0.380 e. The minimum Gasteiger partial charge on any atom is -0.380 e. The highest BCUT2D eigenvalue weighted by Gasteiger charge is 2.34. The van der Waals surface area contributed by atoms with Crippen LogP contribution < -0.4 is 5.32 Å². The average Bonchev–Trinajstić information content (AvgIpc) is 2.77. The fourth-order valence-corrected chi connectivity index (χ4v) is 3.42. The Morgan fingerprint density at radius 3 is 2.94 bits per heavy atom. The van der Waals surface area contributed by atoms with E-state index in [2.05, 4.69) is 10.2 Å². The highest BCUT2D eigenvalue weighted by atomic mass is 16.5. The molecule has 0 aromatic carbocycles. The zero-order chi connectivity index (χ0) is 11.9. The highest BCUT2D eigenvalue weighted by Crippen LogP contribution is 2.35. The van der Waals surface area contributed by atoms with E-state index in [-0.39, 0.29) is 0 Å². The molecule has 100 valence electrons. The van der Waals surface area contributed by atoms with Crippen molar-refractivity contribution in [2.75, 3.05) is 39.4 Å². The third kappa shape index (κ3) is 3.94. The average molecular weight is 240 g/mol. The van der Waals surface area contributed by atoms with Crippen LogP contribution in [0.25, 0.3) is 0 Å². The molecule has 0 bridgehead atoms. The van der Waals surface area contributed by atoms with Crippen LogP contribution in [0.5, 0.6) is 0 Å². The molecule has 1 saturated carbocycles. The van der Waals surface area contributed by atoms with E-state index in [0.717, 1.165) is 38.3 Å². The molecule has 0 aromatic heterocycles. The summed E-state index contributed by atoms with van der Waals surface area (Å²) >= 11 is 0. The number of fused-ring (bicyclic) bond motifs is 1. The molecule has 0 spiro atoms. The Morgan fingerprint density at radius 1 is 1.18 bits per heavy atom. The quantitative estimate of drug-likeness (QED) is 0.688. The molecular weight excluding hydrogens is 212 g/mol. The van der Waals surface area contributed by atoms with Gasteiger partial charge >= 0.3 is 0 Å². The fourth-order valence-electron chi connectivity index (χ4n) is 3.42. The number of ether oxygens (including phenoxy) is 1. The maximum atomic E-state index is 5.32. The van der Waals surface area contributed by atoms with E-state index < -0.39 is 0 Å². The Kier molecular flexibility index (Phi) is 5.75. The molecule has 2 atom stereocenters. The third-order valence-electron chi connectivity index (χ3n) is 4.33. The fraction of sp³-hybridized carbons (Fsp3) is 1.00. The van der Waals surface area contributed by atoms with Crippen molar-refractivity contribution in [1.29, 1.82) is 0 Å². The second kappa shape index (κ2) is 7.34. The standard InChI is InChI=1S/C14H28N2O/c1-2-17-12-9-15-8-11-16-10-7-13-5-3-4-6-14(13)16/h13-15H,2-12H2,1H3. The summed E-state index contributed by atoms with van der Waals surface area (Å²) in [4.78, 5) is 2.72. The van der Waals surface area contributed by atoms with E-state index in [1.165, 1.54) is 45.2 Å². The monoisotopic (exact) mass is 240 g/mol. The van der Waals surface area contributed by atoms with Crippen LogP contribution in [0.3, 0.4) is 0 Å². The molecule has 3 heteroatoms. The van der Waals surface area contributed by atoms with Crippen molar-refractivity contribution in [3.05, 3.63) is 0 Å². The first kappa shape index (κ1) is 13.3. The molecule has 1 heterocycles. The van der Waals surface area contributed by atoms with E-state index in [9.17, 15) is 0 Å². The van der Waals surface area contributed by atoms with Gasteiger partial charge in [0.05, 0.1) is 6.61 Å². The maximum absolute atomic E-state index is 5.32. The molecule has 2 unspecified atom stereocenters. The van der Waals surface area contributed by atoms with Crippen molar-refractivity contribution in [2.24, 2.45) is 5.92 Å². The number of likely N-dealkylation sites (tertiary alicyclic amines) is 1. The van der Waals surface area contributed by atoms with Crippen molar-refractivity contribution in [1.82, 2.24) is 10.2 Å². The van der Waals surface area contributed by atoms with Crippen molar-refractivity contribution in [3.8, 4) is 0 Å². The molecule has 0 aromatic rings. The lowest BCUT2D eigenvalue weighted by Crippen LogP contribution is -2.39. The van der Waals surface area contributed by atoms with Gasteiger partial charge in [-0.15, -0.1) is 0 Å². The first-order chi connectivity index (χ1) is 8.42. The van der Waals surface area contributed by atoms with Gasteiger partial charge in [0.1, 0.15) is 0 Å². The smallest absolute Gasteiger partial charge is 0.0590 e. The Hall–Kier alpha value is -0.120. The molecule has 0 amide bonds. The van der Waals surface area contributed by atoms with Gasteiger partial charge in [0.15, 0.2) is 0 Å². The first-order valence-corrected chi connectivity index (χ1v) is 7.44. The highest BCUT2D eigenvalue weighted by molar-refractivity contribution is 4.89. The molecule has 17 heavy (non-hydrogen) atoms. The molecule has 2 fully saturated rings. The number of rotatable bonds is 7. The Bertz CT molecular complexity index is 210. The van der Waals surface area contributed by atoms with Gasteiger partial charge in [-0.1, -0.05) is 12.8 Å². The molecule has 0 radical (unpaired) electrons. The summed E-state index contributed by atoms with van der Waals surface area (Å²) in [5.41, 5.74) is 0. The molecule has 1 saturated heterocycles. The summed E-state index contributed by atoms with van der Waals surface area (Å²) in [7, 11) is 0. The molecule has 2 aliphatic rings. The SMILES string of the molecule is CCOCCNCCN1CCC2CCCCC21. The van der Waals surface area contributed by atoms with Gasteiger partial charge in [-0.3, -0.25) is 4.90 Å². The maximum Gasteiger partial charge on any atom is 0.0590 e. The van der Waals surface area contributed by atoms with Crippen molar-refractivity contribution in [3.63, 3.8) is 0 Å². The molecular formula is C14H28N2O. The van der Waals surface area contributed by atoms with Crippen LogP contribution in [-0.4, -0.2) is 50.3 Å². The lowest BCUT2D eigenvalue weighted by Gasteiger charge is -2.31. The van der Waals surface area contributed by atoms with E-state index in [1.807, 2.05) is 6.92 Å². The molecule has 3 nitrogen and oxygen atoms in total. The summed E-state index contributed by atoms with van der Waals surface area (Å²) in [6, 6.07) is 0.914. The Labute approximate surface area is 106 Å². The zero-order valence-corrected chi connectivity index (χ0v) is 11.3. The minimum atomic E-state index is 0.831. The number of hydrogen-bond acceptors (Lipinski definition) is 3. The van der Waals surface area contributed by atoms with Gasteiger partial charge in [-0.25, -0.2) is 0 Å². The van der Waals surface area contributed by atoms with Crippen LogP contribution >= 0.6 is 0 Å². The van der Waals surface area contributed by atoms with Crippen molar-refractivity contribution >= 4 is 0 Å². The number of hydrogen-bond donors (Lipinski definition) is 1. The summed E-state index contributed by atoms with van der Waals surface area (Å²) in [5.74, 6) is 1.02. The number of nitrogens with one attached hydrogen (secondary N) is 1. The topological polar surface area (TPSA) is 24.5 Å². The minimum absolute atomic E-state index is 0.831. The van der Waals surface area contributed by atoms with E-state index in [0.29, 0.717) is 0 Å². The van der Waals surface area contributed by atoms with E-state index in [1.54, 1.807) is 0 Å². The lowest BCUT2D eigenvalue weighted by atomic mass is 9.85. The van der Waals surface area contributed by atoms with E-state index in [4.69, 9.17) is 4.74 Å². The Balaban J connectivity index is 1.56. The summed E-state index contributed by atoms with van der Waals surface area (Å²) in [5, 5.41) is 3.48. The van der Waals surface area contributed by atoms with Crippen LogP contribution in [0, 0.1) is 5.92 Å². The van der Waals surface area contributed by atoms with Crippen molar-refractivity contribution in [2.45, 2.75) is 45.1 Å².